The predicted octanol–water partition coefficient (Wildman–Crippen LogP) is 3.44. The number of nitrogens with one attached hydrogen (secondary N) is 2. The number of amides is 2. The van der Waals surface area contributed by atoms with Crippen LogP contribution in [0.1, 0.15) is 60.5 Å². The summed E-state index contributed by atoms with van der Waals surface area (Å²) < 4.78 is 1.90. The lowest BCUT2D eigenvalue weighted by Crippen LogP contribution is -2.52. The molecule has 1 aromatic carbocycles. The van der Waals surface area contributed by atoms with E-state index in [4.69, 9.17) is 0 Å². The van der Waals surface area contributed by atoms with Crippen LogP contribution >= 0.6 is 0 Å². The van der Waals surface area contributed by atoms with Gasteiger partial charge in [-0.15, -0.1) is 0 Å². The fraction of sp³-hybridized carbons (Fsp3) is 0.440. The van der Waals surface area contributed by atoms with Crippen LogP contribution in [0, 0.1) is 11.3 Å². The van der Waals surface area contributed by atoms with Crippen LogP contribution in [0.3, 0.4) is 0 Å². The van der Waals surface area contributed by atoms with Gasteiger partial charge in [0.25, 0.3) is 5.91 Å². The molecule has 1 fully saturated rings. The molecule has 2 amide bonds. The maximum Gasteiger partial charge on any atom is 0.276 e. The van der Waals surface area contributed by atoms with Gasteiger partial charge in [-0.05, 0) is 30.2 Å². The molecule has 8 heteroatoms. The molecule has 2 aliphatic rings. The first kappa shape index (κ1) is 21.4. The summed E-state index contributed by atoms with van der Waals surface area (Å²) in [6, 6.07) is 10.2. The Morgan fingerprint density at radius 3 is 2.70 bits per heavy atom. The summed E-state index contributed by atoms with van der Waals surface area (Å²) in [6.45, 7) is 7.49. The second-order valence-corrected chi connectivity index (χ2v) is 10.1. The van der Waals surface area contributed by atoms with Crippen LogP contribution in [-0.2, 0) is 17.6 Å². The van der Waals surface area contributed by atoms with Crippen molar-refractivity contribution in [3.05, 3.63) is 65.2 Å². The lowest BCUT2D eigenvalue weighted by Gasteiger charge is -2.43. The second-order valence-electron chi connectivity index (χ2n) is 10.1. The van der Waals surface area contributed by atoms with Crippen LogP contribution in [0.4, 0.5) is 5.69 Å². The van der Waals surface area contributed by atoms with Crippen molar-refractivity contribution in [2.75, 3.05) is 18.4 Å². The number of carbonyl (C=O) groups is 2. The molecular formula is C25H30N6O2. The van der Waals surface area contributed by atoms with Crippen LogP contribution < -0.4 is 5.32 Å². The van der Waals surface area contributed by atoms with Crippen LogP contribution in [0.15, 0.2) is 42.7 Å². The molecule has 0 bridgehead atoms. The van der Waals surface area contributed by atoms with Gasteiger partial charge in [-0.3, -0.25) is 19.4 Å². The number of rotatable bonds is 5. The Morgan fingerprint density at radius 1 is 1.21 bits per heavy atom. The van der Waals surface area contributed by atoms with Gasteiger partial charge in [-0.1, -0.05) is 44.2 Å². The van der Waals surface area contributed by atoms with Crippen molar-refractivity contribution in [2.45, 2.75) is 46.1 Å². The highest BCUT2D eigenvalue weighted by molar-refractivity contribution is 6.03. The number of fused-ring (bicyclic) bond motifs is 1. The van der Waals surface area contributed by atoms with Gasteiger partial charge >= 0.3 is 0 Å². The fourth-order valence-corrected chi connectivity index (χ4v) is 5.04. The summed E-state index contributed by atoms with van der Waals surface area (Å²) >= 11 is 0. The second kappa shape index (κ2) is 8.17. The van der Waals surface area contributed by atoms with Gasteiger partial charge in [0.1, 0.15) is 0 Å². The Balaban J connectivity index is 1.34. The zero-order chi connectivity index (χ0) is 23.2. The normalized spacial score (nSPS) is 18.3. The highest BCUT2D eigenvalue weighted by atomic mass is 16.2. The third kappa shape index (κ3) is 4.17. The minimum atomic E-state index is -0.214. The molecule has 1 aliphatic heterocycles. The van der Waals surface area contributed by atoms with Gasteiger partial charge in [0.2, 0.25) is 5.91 Å². The van der Waals surface area contributed by atoms with E-state index in [0.717, 1.165) is 36.1 Å². The number of benzene rings is 1. The lowest BCUT2D eigenvalue weighted by atomic mass is 9.76. The Morgan fingerprint density at radius 2 is 1.97 bits per heavy atom. The molecule has 1 saturated heterocycles. The highest BCUT2D eigenvalue weighted by Crippen LogP contribution is 2.36. The quantitative estimate of drug-likeness (QED) is 0.628. The smallest absolute Gasteiger partial charge is 0.276 e. The topological polar surface area (TPSA) is 95.9 Å². The zero-order valence-corrected chi connectivity index (χ0v) is 19.3. The molecule has 172 valence electrons. The maximum absolute atomic E-state index is 13.0. The molecule has 2 aromatic heterocycles. The molecule has 33 heavy (non-hydrogen) atoms. The van der Waals surface area contributed by atoms with E-state index in [0.29, 0.717) is 24.5 Å². The van der Waals surface area contributed by atoms with Gasteiger partial charge in [0.05, 0.1) is 17.9 Å². The van der Waals surface area contributed by atoms with E-state index < -0.39 is 0 Å². The summed E-state index contributed by atoms with van der Waals surface area (Å²) in [5.41, 5.74) is 4.56. The van der Waals surface area contributed by atoms with E-state index in [1.807, 2.05) is 34.0 Å². The van der Waals surface area contributed by atoms with E-state index in [1.54, 1.807) is 13.1 Å². The molecule has 3 aromatic rings. The monoisotopic (exact) mass is 446 g/mol. The van der Waals surface area contributed by atoms with Crippen molar-refractivity contribution >= 4 is 17.5 Å². The summed E-state index contributed by atoms with van der Waals surface area (Å²) in [5, 5.41) is 14.9. The number of hydrogen-bond acceptors (Lipinski definition) is 4. The fourth-order valence-electron chi connectivity index (χ4n) is 5.04. The Labute approximate surface area is 193 Å². The van der Waals surface area contributed by atoms with Crippen LogP contribution in [0.25, 0.3) is 0 Å². The molecule has 5 rings (SSSR count). The van der Waals surface area contributed by atoms with Gasteiger partial charge in [0.15, 0.2) is 5.69 Å². The standard InChI is InChI=1S/C25H30N6O2/c1-16(32)30-13-18(14-30)23(17-7-5-4-6-8-17)31-15-19(12-26-31)27-24(33)22-20-9-10-25(2,3)11-21(20)28-29-22/h4-8,12,15,18,23H,9-11,13-14H2,1-3H3,(H,27,33)(H,28,29). The number of nitrogens with zero attached hydrogens (tertiary/aromatic N) is 4. The summed E-state index contributed by atoms with van der Waals surface area (Å²) in [6.07, 6.45) is 6.34. The first-order valence-electron chi connectivity index (χ1n) is 11.5. The molecule has 0 saturated carbocycles. The predicted molar refractivity (Wildman–Crippen MR) is 125 cm³/mol. The molecule has 0 radical (unpaired) electrons. The minimum absolute atomic E-state index is 0.00664. The minimum Gasteiger partial charge on any atom is -0.342 e. The first-order valence-corrected chi connectivity index (χ1v) is 11.5. The number of aromatic amines is 1. The third-order valence-electron chi connectivity index (χ3n) is 6.96. The average molecular weight is 447 g/mol. The number of anilines is 1. The van der Waals surface area contributed by atoms with Crippen LogP contribution in [0.2, 0.25) is 0 Å². The Bertz CT molecular complexity index is 1170. The van der Waals surface area contributed by atoms with Crippen molar-refractivity contribution < 1.29 is 9.59 Å². The molecule has 2 N–H and O–H groups in total. The number of aromatic nitrogens is 4. The molecule has 1 aliphatic carbocycles. The Hall–Kier alpha value is -3.42. The van der Waals surface area contributed by atoms with Crippen molar-refractivity contribution in [3.63, 3.8) is 0 Å². The summed E-state index contributed by atoms with van der Waals surface area (Å²) in [4.78, 5) is 26.5. The first-order chi connectivity index (χ1) is 15.8. The van der Waals surface area contributed by atoms with E-state index in [2.05, 4.69) is 46.6 Å². The summed E-state index contributed by atoms with van der Waals surface area (Å²) in [7, 11) is 0. The van der Waals surface area contributed by atoms with E-state index >= 15 is 0 Å². The largest absolute Gasteiger partial charge is 0.342 e. The lowest BCUT2D eigenvalue weighted by molar-refractivity contribution is -0.135. The van der Waals surface area contributed by atoms with Gasteiger partial charge in [-0.25, -0.2) is 0 Å². The number of H-pyrrole nitrogens is 1. The van der Waals surface area contributed by atoms with Crippen molar-refractivity contribution in [3.8, 4) is 0 Å². The van der Waals surface area contributed by atoms with Crippen LogP contribution in [-0.4, -0.2) is 49.8 Å². The third-order valence-corrected chi connectivity index (χ3v) is 6.96. The van der Waals surface area contributed by atoms with Gasteiger partial charge < -0.3 is 10.2 Å². The van der Waals surface area contributed by atoms with Crippen molar-refractivity contribution in [2.24, 2.45) is 11.3 Å². The van der Waals surface area contributed by atoms with E-state index in [9.17, 15) is 9.59 Å². The molecular weight excluding hydrogens is 416 g/mol. The highest BCUT2D eigenvalue weighted by Gasteiger charge is 2.37. The van der Waals surface area contributed by atoms with E-state index in [-0.39, 0.29) is 29.2 Å². The number of hydrogen-bond donors (Lipinski definition) is 2. The Kier molecular flexibility index (Phi) is 5.31. The SMILES string of the molecule is CC(=O)N1CC(C(c2ccccc2)n2cc(NC(=O)c3n[nH]c4c3CCC(C)(C)C4)cn2)C1. The van der Waals surface area contributed by atoms with Gasteiger partial charge in [0, 0.05) is 43.4 Å². The molecule has 8 nitrogen and oxygen atoms in total. The number of likely N-dealkylation sites (tertiary alicyclic amines) is 1. The molecule has 1 unspecified atom stereocenters. The summed E-state index contributed by atoms with van der Waals surface area (Å²) in [5.74, 6) is 0.146. The molecule has 3 heterocycles. The number of carbonyl (C=O) groups excluding carboxylic acids is 2. The molecule has 1 atom stereocenters. The maximum atomic E-state index is 13.0. The molecule has 0 spiro atoms. The van der Waals surface area contributed by atoms with Crippen LogP contribution in [0.5, 0.6) is 0 Å². The van der Waals surface area contributed by atoms with Crippen molar-refractivity contribution in [1.82, 2.24) is 24.9 Å². The van der Waals surface area contributed by atoms with E-state index in [1.165, 1.54) is 0 Å². The van der Waals surface area contributed by atoms with Gasteiger partial charge in [-0.2, -0.15) is 10.2 Å². The van der Waals surface area contributed by atoms with Crippen molar-refractivity contribution in [1.29, 1.82) is 0 Å². The average Bonchev–Trinajstić information content (AvgIpc) is 3.36. The zero-order valence-electron chi connectivity index (χ0n) is 19.3.